The SMILES string of the molecule is C[C@@H](c1c[nH]c2ccccc12)[C@@H](NC(=O)C1CCCN(S(=O)(=O)c2ccc(F)cc2)C1)C(=O)NC(CCCCN)C(=O)OC(C)(C)C. The first kappa shape index (κ1) is 36.0. The van der Waals surface area contributed by atoms with Crippen molar-refractivity contribution < 1.29 is 31.9 Å². The van der Waals surface area contributed by atoms with E-state index in [1.807, 2.05) is 31.2 Å². The molecule has 1 saturated heterocycles. The highest BCUT2D eigenvalue weighted by atomic mass is 32.2. The smallest absolute Gasteiger partial charge is 0.329 e. The van der Waals surface area contributed by atoms with Crippen molar-refractivity contribution in [1.82, 2.24) is 19.9 Å². The lowest BCUT2D eigenvalue weighted by Crippen LogP contribution is -2.56. The molecule has 0 saturated carbocycles. The van der Waals surface area contributed by atoms with Gasteiger partial charge in [-0.3, -0.25) is 9.59 Å². The van der Waals surface area contributed by atoms with E-state index >= 15 is 0 Å². The van der Waals surface area contributed by atoms with Crippen LogP contribution in [-0.2, 0) is 29.1 Å². The Labute approximate surface area is 275 Å². The van der Waals surface area contributed by atoms with Crippen molar-refractivity contribution >= 4 is 38.7 Å². The standard InChI is InChI=1S/C34H46FN5O6S/c1-22(27-20-37-28-12-6-5-11-26(27)28)30(32(42)38-29(13-7-8-18-36)33(43)46-34(2,3)4)39-31(41)23-10-9-19-40(21-23)47(44,45)25-16-14-24(35)15-17-25/h5-6,11-12,14-17,20,22-23,29-30,37H,7-10,13,18-19,21,36H2,1-4H3,(H,38,42)(H,39,41)/t22-,23?,29?,30+/m0/s1. The highest BCUT2D eigenvalue weighted by Gasteiger charge is 2.38. The van der Waals surface area contributed by atoms with Crippen molar-refractivity contribution in [1.29, 1.82) is 0 Å². The molecular weight excluding hydrogens is 625 g/mol. The lowest BCUT2D eigenvalue weighted by Gasteiger charge is -2.33. The van der Waals surface area contributed by atoms with E-state index < -0.39 is 63.1 Å². The van der Waals surface area contributed by atoms with Crippen LogP contribution < -0.4 is 16.4 Å². The third-order valence-electron chi connectivity index (χ3n) is 8.35. The first-order valence-electron chi connectivity index (χ1n) is 16.1. The molecule has 4 atom stereocenters. The van der Waals surface area contributed by atoms with Crippen LogP contribution in [0, 0.1) is 11.7 Å². The first-order chi connectivity index (χ1) is 22.2. The normalized spacial score (nSPS) is 17.9. The quantitative estimate of drug-likeness (QED) is 0.158. The summed E-state index contributed by atoms with van der Waals surface area (Å²) in [7, 11) is -3.97. The van der Waals surface area contributed by atoms with Gasteiger partial charge >= 0.3 is 5.97 Å². The molecule has 0 bridgehead atoms. The summed E-state index contributed by atoms with van der Waals surface area (Å²) in [5.41, 5.74) is 6.55. The maximum absolute atomic E-state index is 14.1. The molecule has 13 heteroatoms. The van der Waals surface area contributed by atoms with Crippen LogP contribution in [0.15, 0.2) is 59.6 Å². The predicted octanol–water partition coefficient (Wildman–Crippen LogP) is 3.95. The summed E-state index contributed by atoms with van der Waals surface area (Å²) in [5, 5.41) is 6.63. The number of para-hydroxylation sites is 1. The predicted molar refractivity (Wildman–Crippen MR) is 177 cm³/mol. The molecule has 4 rings (SSSR count). The summed E-state index contributed by atoms with van der Waals surface area (Å²) >= 11 is 0. The highest BCUT2D eigenvalue weighted by molar-refractivity contribution is 7.89. The van der Waals surface area contributed by atoms with Gasteiger partial charge in [0, 0.05) is 36.1 Å². The molecule has 5 N–H and O–H groups in total. The number of nitrogens with one attached hydrogen (secondary N) is 3. The Bertz CT molecular complexity index is 1650. The van der Waals surface area contributed by atoms with Crippen LogP contribution in [0.4, 0.5) is 4.39 Å². The van der Waals surface area contributed by atoms with Gasteiger partial charge in [-0.2, -0.15) is 4.31 Å². The highest BCUT2D eigenvalue weighted by Crippen LogP contribution is 2.29. The van der Waals surface area contributed by atoms with Crippen molar-refractivity contribution in [2.24, 2.45) is 11.7 Å². The Balaban J connectivity index is 1.59. The van der Waals surface area contributed by atoms with Crippen molar-refractivity contribution in [3.05, 3.63) is 66.1 Å². The zero-order valence-corrected chi connectivity index (χ0v) is 28.2. The molecule has 2 unspecified atom stereocenters. The van der Waals surface area contributed by atoms with E-state index in [4.69, 9.17) is 10.5 Å². The number of piperidine rings is 1. The maximum Gasteiger partial charge on any atom is 0.329 e. The number of sulfonamides is 1. The number of halogens is 1. The van der Waals surface area contributed by atoms with Crippen LogP contribution in [0.3, 0.4) is 0 Å². The minimum atomic E-state index is -3.97. The fourth-order valence-electron chi connectivity index (χ4n) is 5.85. The molecule has 1 fully saturated rings. The third-order valence-corrected chi connectivity index (χ3v) is 10.2. The lowest BCUT2D eigenvalue weighted by molar-refractivity contribution is -0.159. The summed E-state index contributed by atoms with van der Waals surface area (Å²) in [5.74, 6) is -3.46. The Kier molecular flexibility index (Phi) is 11.8. The number of amides is 2. The number of esters is 1. The second kappa shape index (κ2) is 15.4. The van der Waals surface area contributed by atoms with Crippen LogP contribution in [0.1, 0.15) is 71.3 Å². The van der Waals surface area contributed by atoms with Gasteiger partial charge in [-0.05, 0) is 95.3 Å². The summed E-state index contributed by atoms with van der Waals surface area (Å²) < 4.78 is 47.0. The Hall–Kier alpha value is -3.81. The average molecular weight is 672 g/mol. The van der Waals surface area contributed by atoms with E-state index in [-0.39, 0.29) is 18.0 Å². The summed E-state index contributed by atoms with van der Waals surface area (Å²) in [6.07, 6.45) is 4.17. The Morgan fingerprint density at radius 1 is 1.09 bits per heavy atom. The van der Waals surface area contributed by atoms with Gasteiger partial charge in [0.15, 0.2) is 0 Å². The fraction of sp³-hybridized carbons (Fsp3) is 0.500. The van der Waals surface area contributed by atoms with Crippen LogP contribution in [-0.4, -0.2) is 72.8 Å². The number of hydrogen-bond acceptors (Lipinski definition) is 7. The second-order valence-electron chi connectivity index (χ2n) is 13.1. The van der Waals surface area contributed by atoms with E-state index in [2.05, 4.69) is 15.6 Å². The van der Waals surface area contributed by atoms with E-state index in [1.54, 1.807) is 27.0 Å². The number of nitrogens with two attached hydrogens (primary N) is 1. The molecule has 3 aromatic rings. The summed E-state index contributed by atoms with van der Waals surface area (Å²) in [6, 6.07) is 10.1. The minimum absolute atomic E-state index is 0.0620. The van der Waals surface area contributed by atoms with Crippen molar-refractivity contribution in [3.63, 3.8) is 0 Å². The number of ether oxygens (including phenoxy) is 1. The van der Waals surface area contributed by atoms with E-state index in [9.17, 15) is 27.2 Å². The second-order valence-corrected chi connectivity index (χ2v) is 15.0. The monoisotopic (exact) mass is 671 g/mol. The van der Waals surface area contributed by atoms with E-state index in [1.165, 1.54) is 16.4 Å². The van der Waals surface area contributed by atoms with Gasteiger partial charge in [0.2, 0.25) is 21.8 Å². The molecule has 1 aliphatic rings. The number of aromatic nitrogens is 1. The number of hydrogen-bond donors (Lipinski definition) is 4. The van der Waals surface area contributed by atoms with Crippen LogP contribution in [0.2, 0.25) is 0 Å². The van der Waals surface area contributed by atoms with Crippen molar-refractivity contribution in [3.8, 4) is 0 Å². The number of carbonyl (C=O) groups is 3. The van der Waals surface area contributed by atoms with Crippen molar-refractivity contribution in [2.45, 2.75) is 88.3 Å². The van der Waals surface area contributed by atoms with Gasteiger partial charge in [0.05, 0.1) is 10.8 Å². The molecule has 2 amide bonds. The molecule has 2 aromatic carbocycles. The summed E-state index contributed by atoms with van der Waals surface area (Å²) in [4.78, 5) is 44.3. The van der Waals surface area contributed by atoms with Crippen LogP contribution in [0.25, 0.3) is 10.9 Å². The maximum atomic E-state index is 14.1. The summed E-state index contributed by atoms with van der Waals surface area (Å²) in [6.45, 7) is 7.60. The lowest BCUT2D eigenvalue weighted by atomic mass is 9.90. The average Bonchev–Trinajstić information content (AvgIpc) is 3.46. The van der Waals surface area contributed by atoms with Gasteiger partial charge < -0.3 is 26.1 Å². The molecule has 1 aromatic heterocycles. The molecule has 2 heterocycles. The Morgan fingerprint density at radius 2 is 1.79 bits per heavy atom. The number of rotatable bonds is 13. The van der Waals surface area contributed by atoms with Crippen LogP contribution in [0.5, 0.6) is 0 Å². The number of fused-ring (bicyclic) bond motifs is 1. The molecule has 0 aliphatic carbocycles. The molecule has 47 heavy (non-hydrogen) atoms. The van der Waals surface area contributed by atoms with Gasteiger partial charge in [-0.1, -0.05) is 25.1 Å². The van der Waals surface area contributed by atoms with Crippen LogP contribution >= 0.6 is 0 Å². The van der Waals surface area contributed by atoms with Gasteiger partial charge in [0.1, 0.15) is 23.5 Å². The number of H-pyrrole nitrogens is 1. The van der Waals surface area contributed by atoms with Gasteiger partial charge in [-0.25, -0.2) is 17.6 Å². The molecule has 11 nitrogen and oxygen atoms in total. The Morgan fingerprint density at radius 3 is 2.47 bits per heavy atom. The number of nitrogens with zero attached hydrogens (tertiary/aromatic N) is 1. The molecule has 0 spiro atoms. The number of unbranched alkanes of at least 4 members (excludes halogenated alkanes) is 1. The molecular formula is C34H46FN5O6S. The van der Waals surface area contributed by atoms with Gasteiger partial charge in [0.25, 0.3) is 0 Å². The fourth-order valence-corrected chi connectivity index (χ4v) is 7.37. The zero-order chi connectivity index (χ0) is 34.4. The minimum Gasteiger partial charge on any atom is -0.458 e. The van der Waals surface area contributed by atoms with Gasteiger partial charge in [-0.15, -0.1) is 0 Å². The van der Waals surface area contributed by atoms with E-state index in [0.717, 1.165) is 28.6 Å². The largest absolute Gasteiger partial charge is 0.458 e. The first-order valence-corrected chi connectivity index (χ1v) is 17.5. The van der Waals surface area contributed by atoms with Crippen molar-refractivity contribution in [2.75, 3.05) is 19.6 Å². The molecule has 1 aliphatic heterocycles. The third kappa shape index (κ3) is 9.17. The number of benzene rings is 2. The number of carbonyl (C=O) groups excluding carboxylic acids is 3. The van der Waals surface area contributed by atoms with E-state index in [0.29, 0.717) is 38.6 Å². The molecule has 256 valence electrons. The topological polar surface area (TPSA) is 164 Å². The molecule has 0 radical (unpaired) electrons. The number of aromatic amines is 1. The zero-order valence-electron chi connectivity index (χ0n) is 27.4.